The number of nitrogens with two attached hydrogens (primary N) is 1. The zero-order valence-electron chi connectivity index (χ0n) is 10.2. The molecule has 0 radical (unpaired) electrons. The highest BCUT2D eigenvalue weighted by molar-refractivity contribution is 5.85. The van der Waals surface area contributed by atoms with Crippen LogP contribution < -0.4 is 5.73 Å². The fourth-order valence-corrected chi connectivity index (χ4v) is 2.01. The Kier molecular flexibility index (Phi) is 3.09. The van der Waals surface area contributed by atoms with Gasteiger partial charge >= 0.3 is 0 Å². The Labute approximate surface area is 101 Å². The first-order valence-corrected chi connectivity index (χ1v) is 5.72. The second kappa shape index (κ2) is 4.53. The van der Waals surface area contributed by atoms with Gasteiger partial charge in [-0.15, -0.1) is 0 Å². The van der Waals surface area contributed by atoms with Crippen LogP contribution in [0.5, 0.6) is 0 Å². The molecule has 88 valence electrons. The van der Waals surface area contributed by atoms with Gasteiger partial charge in [0.15, 0.2) is 0 Å². The Morgan fingerprint density at radius 3 is 2.76 bits per heavy atom. The molecular formula is C14H16N2O. The van der Waals surface area contributed by atoms with E-state index in [0.717, 1.165) is 16.8 Å². The zero-order valence-corrected chi connectivity index (χ0v) is 10.2. The summed E-state index contributed by atoms with van der Waals surface area (Å²) in [6.45, 7) is 4.11. The van der Waals surface area contributed by atoms with Crippen molar-refractivity contribution in [3.05, 3.63) is 41.1 Å². The van der Waals surface area contributed by atoms with Gasteiger partial charge in [0, 0.05) is 17.5 Å². The highest BCUT2D eigenvalue weighted by atomic mass is 16.1. The predicted molar refractivity (Wildman–Crippen MR) is 68.7 cm³/mol. The van der Waals surface area contributed by atoms with Crippen molar-refractivity contribution >= 4 is 16.8 Å². The largest absolute Gasteiger partial charge is 0.370 e. The van der Waals surface area contributed by atoms with Crippen LogP contribution in [0.4, 0.5) is 0 Å². The molecule has 2 N–H and O–H groups in total. The number of fused-ring (bicyclic) bond motifs is 1. The molecule has 0 aliphatic heterocycles. The van der Waals surface area contributed by atoms with E-state index in [1.165, 1.54) is 10.9 Å². The molecule has 2 rings (SSSR count). The van der Waals surface area contributed by atoms with Crippen LogP contribution in [-0.4, -0.2) is 10.9 Å². The normalized spacial score (nSPS) is 10.7. The predicted octanol–water partition coefficient (Wildman–Crippen LogP) is 2.27. The molecule has 3 nitrogen and oxygen atoms in total. The maximum absolute atomic E-state index is 10.8. The molecule has 1 amide bonds. The number of benzene rings is 1. The summed E-state index contributed by atoms with van der Waals surface area (Å²) in [5.74, 6) is -0.283. The van der Waals surface area contributed by atoms with E-state index < -0.39 is 0 Å². The van der Waals surface area contributed by atoms with Gasteiger partial charge in [-0.25, -0.2) is 0 Å². The summed E-state index contributed by atoms with van der Waals surface area (Å²) in [4.78, 5) is 15.4. The van der Waals surface area contributed by atoms with Crippen LogP contribution in [0.15, 0.2) is 24.3 Å². The van der Waals surface area contributed by atoms with Crippen molar-refractivity contribution in [2.24, 2.45) is 5.73 Å². The highest BCUT2D eigenvalue weighted by Crippen LogP contribution is 2.21. The van der Waals surface area contributed by atoms with Gasteiger partial charge in [0.25, 0.3) is 0 Å². The molecule has 0 bridgehead atoms. The summed E-state index contributed by atoms with van der Waals surface area (Å²) in [6.07, 6.45) is 0.963. The maximum Gasteiger partial charge on any atom is 0.217 e. The lowest BCUT2D eigenvalue weighted by molar-refractivity contribution is -0.118. The first kappa shape index (κ1) is 11.6. The number of aromatic nitrogens is 1. The van der Waals surface area contributed by atoms with Crippen LogP contribution in [0.25, 0.3) is 10.9 Å². The molecule has 0 saturated heterocycles. The average molecular weight is 228 g/mol. The fourth-order valence-electron chi connectivity index (χ4n) is 2.01. The summed E-state index contributed by atoms with van der Waals surface area (Å²) in [5, 5.41) is 1.17. The molecule has 0 saturated carbocycles. The molecule has 1 aromatic heterocycles. The Morgan fingerprint density at radius 2 is 2.06 bits per heavy atom. The molecule has 1 aromatic carbocycles. The summed E-state index contributed by atoms with van der Waals surface area (Å²) < 4.78 is 0. The Morgan fingerprint density at radius 1 is 1.29 bits per heavy atom. The van der Waals surface area contributed by atoms with Gasteiger partial charge < -0.3 is 5.73 Å². The van der Waals surface area contributed by atoms with Crippen LogP contribution in [-0.2, 0) is 11.2 Å². The third kappa shape index (κ3) is 2.44. The van der Waals surface area contributed by atoms with E-state index in [4.69, 9.17) is 5.73 Å². The standard InChI is InChI=1S/C14H16N2O/c1-9-4-3-5-12-10(2)8-11(16-14(9)12)6-7-13(15)17/h3-5,8H,6-7H2,1-2H3,(H2,15,17). The molecule has 2 aromatic rings. The van der Waals surface area contributed by atoms with Crippen molar-refractivity contribution in [3.8, 4) is 0 Å². The lowest BCUT2D eigenvalue weighted by atomic mass is 10.0. The maximum atomic E-state index is 10.8. The number of hydrogen-bond acceptors (Lipinski definition) is 2. The van der Waals surface area contributed by atoms with E-state index in [1.807, 2.05) is 25.1 Å². The van der Waals surface area contributed by atoms with Crippen molar-refractivity contribution in [2.45, 2.75) is 26.7 Å². The first-order chi connectivity index (χ1) is 8.08. The van der Waals surface area contributed by atoms with Gasteiger partial charge in [-0.05, 0) is 37.5 Å². The second-order valence-corrected chi connectivity index (χ2v) is 4.37. The van der Waals surface area contributed by atoms with Crippen LogP contribution in [0.1, 0.15) is 23.2 Å². The number of para-hydroxylation sites is 1. The van der Waals surface area contributed by atoms with Crippen molar-refractivity contribution < 1.29 is 4.79 Å². The Bertz CT molecular complexity index is 576. The van der Waals surface area contributed by atoms with Crippen molar-refractivity contribution in [3.63, 3.8) is 0 Å². The number of primary amides is 1. The van der Waals surface area contributed by atoms with E-state index in [2.05, 4.69) is 18.0 Å². The minimum Gasteiger partial charge on any atom is -0.370 e. The lowest BCUT2D eigenvalue weighted by Gasteiger charge is -2.07. The summed E-state index contributed by atoms with van der Waals surface area (Å²) in [7, 11) is 0. The average Bonchev–Trinajstić information content (AvgIpc) is 2.28. The third-order valence-corrected chi connectivity index (χ3v) is 2.93. The fraction of sp³-hybridized carbons (Fsp3) is 0.286. The molecule has 0 atom stereocenters. The van der Waals surface area contributed by atoms with Gasteiger partial charge in [-0.1, -0.05) is 18.2 Å². The lowest BCUT2D eigenvalue weighted by Crippen LogP contribution is -2.11. The van der Waals surface area contributed by atoms with E-state index in [0.29, 0.717) is 12.8 Å². The second-order valence-electron chi connectivity index (χ2n) is 4.37. The number of rotatable bonds is 3. The highest BCUT2D eigenvalue weighted by Gasteiger charge is 2.05. The third-order valence-electron chi connectivity index (χ3n) is 2.93. The molecule has 3 heteroatoms. The van der Waals surface area contributed by atoms with E-state index in [1.54, 1.807) is 0 Å². The number of aryl methyl sites for hydroxylation is 3. The molecular weight excluding hydrogens is 212 g/mol. The van der Waals surface area contributed by atoms with Gasteiger partial charge in [0.2, 0.25) is 5.91 Å². The Hall–Kier alpha value is -1.90. The van der Waals surface area contributed by atoms with Gasteiger partial charge in [-0.3, -0.25) is 9.78 Å². The SMILES string of the molecule is Cc1cc(CCC(N)=O)nc2c(C)cccc12. The number of hydrogen-bond donors (Lipinski definition) is 1. The van der Waals surface area contributed by atoms with Crippen molar-refractivity contribution in [2.75, 3.05) is 0 Å². The van der Waals surface area contributed by atoms with E-state index in [9.17, 15) is 4.79 Å². The molecule has 0 aliphatic carbocycles. The van der Waals surface area contributed by atoms with Gasteiger partial charge in [-0.2, -0.15) is 0 Å². The minimum absolute atomic E-state index is 0.283. The number of nitrogens with zero attached hydrogens (tertiary/aromatic N) is 1. The van der Waals surface area contributed by atoms with Crippen LogP contribution in [0.3, 0.4) is 0 Å². The van der Waals surface area contributed by atoms with E-state index >= 15 is 0 Å². The summed E-state index contributed by atoms with van der Waals surface area (Å²) in [5.41, 5.74) is 9.46. The summed E-state index contributed by atoms with van der Waals surface area (Å²) in [6, 6.07) is 8.19. The van der Waals surface area contributed by atoms with E-state index in [-0.39, 0.29) is 5.91 Å². The summed E-state index contributed by atoms with van der Waals surface area (Å²) >= 11 is 0. The quantitative estimate of drug-likeness (QED) is 0.876. The van der Waals surface area contributed by atoms with Crippen LogP contribution >= 0.6 is 0 Å². The number of carbonyl (C=O) groups excluding carboxylic acids is 1. The topological polar surface area (TPSA) is 56.0 Å². The monoisotopic (exact) mass is 228 g/mol. The van der Waals surface area contributed by atoms with Gasteiger partial charge in [0.05, 0.1) is 5.52 Å². The zero-order chi connectivity index (χ0) is 12.4. The van der Waals surface area contributed by atoms with Crippen molar-refractivity contribution in [1.82, 2.24) is 4.98 Å². The van der Waals surface area contributed by atoms with Crippen LogP contribution in [0, 0.1) is 13.8 Å². The minimum atomic E-state index is -0.283. The smallest absolute Gasteiger partial charge is 0.217 e. The number of amides is 1. The number of pyridine rings is 1. The Balaban J connectivity index is 2.46. The first-order valence-electron chi connectivity index (χ1n) is 5.72. The van der Waals surface area contributed by atoms with Gasteiger partial charge in [0.1, 0.15) is 0 Å². The molecule has 17 heavy (non-hydrogen) atoms. The van der Waals surface area contributed by atoms with Crippen molar-refractivity contribution in [1.29, 1.82) is 0 Å². The molecule has 1 heterocycles. The molecule has 0 unspecified atom stereocenters. The number of carbonyl (C=O) groups is 1. The van der Waals surface area contributed by atoms with Crippen LogP contribution in [0.2, 0.25) is 0 Å². The molecule has 0 spiro atoms. The molecule has 0 aliphatic rings. The molecule has 0 fully saturated rings.